The highest BCUT2D eigenvalue weighted by atomic mass is 35.5. The molecule has 7 nitrogen and oxygen atoms in total. The number of carbonyl (C=O) groups excluding carboxylic acids is 1. The number of ether oxygens (including phenoxy) is 1. The summed E-state index contributed by atoms with van der Waals surface area (Å²) >= 11 is 5.95. The first-order valence-electron chi connectivity index (χ1n) is 12.6. The van der Waals surface area contributed by atoms with Gasteiger partial charge in [0.05, 0.1) is 30.3 Å². The van der Waals surface area contributed by atoms with Crippen LogP contribution in [0.2, 0.25) is 5.02 Å². The predicted octanol–water partition coefficient (Wildman–Crippen LogP) is 4.69. The van der Waals surface area contributed by atoms with E-state index in [9.17, 15) is 18.3 Å². The summed E-state index contributed by atoms with van der Waals surface area (Å²) in [6.07, 6.45) is -0.530. The molecule has 38 heavy (non-hydrogen) atoms. The molecule has 9 heteroatoms. The molecule has 0 bridgehead atoms. The third-order valence-corrected chi connectivity index (χ3v) is 9.14. The Morgan fingerprint density at radius 2 is 1.63 bits per heavy atom. The van der Waals surface area contributed by atoms with E-state index in [0.717, 1.165) is 16.7 Å². The molecular formula is C29H33ClN2O5S. The first kappa shape index (κ1) is 28.3. The van der Waals surface area contributed by atoms with Gasteiger partial charge in [-0.2, -0.15) is 4.31 Å². The summed E-state index contributed by atoms with van der Waals surface area (Å²) in [5.41, 5.74) is 3.12. The molecule has 1 N–H and O–H groups in total. The molecule has 0 saturated heterocycles. The molecule has 4 rings (SSSR count). The number of amides is 1. The summed E-state index contributed by atoms with van der Waals surface area (Å²) < 4.78 is 34.3. The monoisotopic (exact) mass is 556 g/mol. The molecule has 3 atom stereocenters. The Morgan fingerprint density at radius 3 is 2.29 bits per heavy atom. The van der Waals surface area contributed by atoms with E-state index in [1.54, 1.807) is 30.0 Å². The number of fused-ring (bicyclic) bond motifs is 3. The van der Waals surface area contributed by atoms with Crippen LogP contribution in [0, 0.1) is 5.92 Å². The number of hydrogen-bond donors (Lipinski definition) is 1. The number of benzene rings is 3. The second-order valence-corrected chi connectivity index (χ2v) is 12.2. The van der Waals surface area contributed by atoms with Gasteiger partial charge in [-0.25, -0.2) is 8.42 Å². The van der Waals surface area contributed by atoms with Gasteiger partial charge in [-0.15, -0.1) is 0 Å². The van der Waals surface area contributed by atoms with Crippen molar-refractivity contribution < 1.29 is 23.1 Å². The first-order chi connectivity index (χ1) is 18.1. The molecule has 0 unspecified atom stereocenters. The lowest BCUT2D eigenvalue weighted by molar-refractivity contribution is -0.0146. The minimum atomic E-state index is -3.80. The Balaban J connectivity index is 1.73. The van der Waals surface area contributed by atoms with Crippen molar-refractivity contribution in [1.82, 2.24) is 9.21 Å². The average molecular weight is 557 g/mol. The number of aliphatic hydroxyl groups is 1. The minimum absolute atomic E-state index is 0.0801. The maximum absolute atomic E-state index is 13.9. The van der Waals surface area contributed by atoms with E-state index in [0.29, 0.717) is 10.6 Å². The fourth-order valence-electron chi connectivity index (χ4n) is 4.69. The minimum Gasteiger partial charge on any atom is -0.394 e. The zero-order valence-electron chi connectivity index (χ0n) is 21.7. The Kier molecular flexibility index (Phi) is 8.90. The Hall–Kier alpha value is -2.75. The van der Waals surface area contributed by atoms with Gasteiger partial charge in [0.2, 0.25) is 10.0 Å². The molecule has 0 fully saturated rings. The number of carbonyl (C=O) groups is 1. The molecule has 1 aliphatic rings. The zero-order chi connectivity index (χ0) is 27.4. The molecule has 3 aromatic rings. The van der Waals surface area contributed by atoms with Gasteiger partial charge in [0.1, 0.15) is 0 Å². The maximum Gasteiger partial charge on any atom is 0.254 e. The van der Waals surface area contributed by atoms with Crippen LogP contribution >= 0.6 is 11.6 Å². The van der Waals surface area contributed by atoms with Gasteiger partial charge in [0, 0.05) is 36.6 Å². The van der Waals surface area contributed by atoms with Crippen molar-refractivity contribution in [3.05, 3.63) is 88.9 Å². The van der Waals surface area contributed by atoms with Gasteiger partial charge in [-0.1, -0.05) is 61.0 Å². The molecule has 3 aromatic carbocycles. The van der Waals surface area contributed by atoms with Crippen LogP contribution in [-0.4, -0.2) is 67.5 Å². The average Bonchev–Trinajstić information content (AvgIpc) is 2.94. The third kappa shape index (κ3) is 5.95. The van der Waals surface area contributed by atoms with E-state index in [1.165, 1.54) is 23.5 Å². The van der Waals surface area contributed by atoms with Crippen molar-refractivity contribution in [2.24, 2.45) is 5.92 Å². The van der Waals surface area contributed by atoms with Crippen LogP contribution in [0.25, 0.3) is 11.1 Å². The lowest BCUT2D eigenvalue weighted by atomic mass is 9.94. The number of nitrogens with zero attached hydrogens (tertiary/aromatic N) is 2. The summed E-state index contributed by atoms with van der Waals surface area (Å²) in [5.74, 6) is -0.431. The molecule has 1 heterocycles. The number of sulfonamides is 1. The fraction of sp³-hybridized carbons (Fsp3) is 0.345. The molecule has 0 spiro atoms. The predicted molar refractivity (Wildman–Crippen MR) is 148 cm³/mol. The fourth-order valence-corrected chi connectivity index (χ4v) is 6.00. The van der Waals surface area contributed by atoms with Crippen molar-refractivity contribution in [3.63, 3.8) is 0 Å². The highest BCUT2D eigenvalue weighted by Gasteiger charge is 2.32. The molecule has 0 aliphatic carbocycles. The Bertz CT molecular complexity index is 1380. The van der Waals surface area contributed by atoms with Crippen molar-refractivity contribution in [2.45, 2.75) is 37.5 Å². The SMILES string of the molecule is C[C@H](CO)N1C[C@H](C)[C@@H](CN(C)S(=O)(=O)c2ccc(Cl)cc2)OCc2ccccc2-c2ccccc2C1=O. The summed E-state index contributed by atoms with van der Waals surface area (Å²) in [4.78, 5) is 15.7. The third-order valence-electron chi connectivity index (χ3n) is 7.05. The van der Waals surface area contributed by atoms with E-state index >= 15 is 0 Å². The lowest BCUT2D eigenvalue weighted by Gasteiger charge is -2.35. The maximum atomic E-state index is 13.9. The second-order valence-electron chi connectivity index (χ2n) is 9.76. The van der Waals surface area contributed by atoms with Crippen LogP contribution in [0.1, 0.15) is 29.8 Å². The zero-order valence-corrected chi connectivity index (χ0v) is 23.3. The van der Waals surface area contributed by atoms with Crippen molar-refractivity contribution in [3.8, 4) is 11.1 Å². The molecular weight excluding hydrogens is 524 g/mol. The Labute approximate surface area is 229 Å². The number of likely N-dealkylation sites (N-methyl/N-ethyl adjacent to an activating group) is 1. The number of rotatable bonds is 6. The highest BCUT2D eigenvalue weighted by Crippen LogP contribution is 2.31. The number of aliphatic hydroxyl groups excluding tert-OH is 1. The number of halogens is 1. The van der Waals surface area contributed by atoms with Gasteiger partial charge in [-0.05, 0) is 53.9 Å². The van der Waals surface area contributed by atoms with E-state index in [-0.39, 0.29) is 43.0 Å². The van der Waals surface area contributed by atoms with Gasteiger partial charge >= 0.3 is 0 Å². The second kappa shape index (κ2) is 12.0. The van der Waals surface area contributed by atoms with Gasteiger partial charge in [0.15, 0.2) is 0 Å². The summed E-state index contributed by atoms with van der Waals surface area (Å²) in [6.45, 7) is 4.15. The van der Waals surface area contributed by atoms with Crippen LogP contribution in [0.15, 0.2) is 77.7 Å². The largest absolute Gasteiger partial charge is 0.394 e. The van der Waals surface area contributed by atoms with Crippen LogP contribution in [-0.2, 0) is 21.4 Å². The van der Waals surface area contributed by atoms with E-state index in [2.05, 4.69) is 0 Å². The van der Waals surface area contributed by atoms with E-state index < -0.39 is 22.2 Å². The lowest BCUT2D eigenvalue weighted by Crippen LogP contribution is -2.47. The van der Waals surface area contributed by atoms with Gasteiger partial charge in [0.25, 0.3) is 5.91 Å². The summed E-state index contributed by atoms with van der Waals surface area (Å²) in [5, 5.41) is 10.4. The van der Waals surface area contributed by atoms with Gasteiger partial charge < -0.3 is 14.7 Å². The Morgan fingerprint density at radius 1 is 1.03 bits per heavy atom. The molecule has 1 aliphatic heterocycles. The highest BCUT2D eigenvalue weighted by molar-refractivity contribution is 7.89. The van der Waals surface area contributed by atoms with Crippen molar-refractivity contribution in [2.75, 3.05) is 26.7 Å². The first-order valence-corrected chi connectivity index (χ1v) is 14.4. The molecule has 0 saturated carbocycles. The summed E-state index contributed by atoms with van der Waals surface area (Å²) in [7, 11) is -2.28. The van der Waals surface area contributed by atoms with Crippen LogP contribution in [0.3, 0.4) is 0 Å². The van der Waals surface area contributed by atoms with Crippen LogP contribution in [0.5, 0.6) is 0 Å². The van der Waals surface area contributed by atoms with Crippen molar-refractivity contribution in [1.29, 1.82) is 0 Å². The molecule has 0 radical (unpaired) electrons. The molecule has 202 valence electrons. The standard InChI is InChI=1S/C29H33ClN2O5S/c1-20-16-32(21(2)18-33)29(34)27-11-7-6-10-26(27)25-9-5-4-8-22(25)19-37-28(20)17-31(3)38(35,36)24-14-12-23(30)13-15-24/h4-15,20-21,28,33H,16-19H2,1-3H3/t20-,21+,28+/m0/s1. The van der Waals surface area contributed by atoms with E-state index in [1.807, 2.05) is 49.4 Å². The van der Waals surface area contributed by atoms with Crippen LogP contribution in [0.4, 0.5) is 0 Å². The van der Waals surface area contributed by atoms with E-state index in [4.69, 9.17) is 16.3 Å². The molecule has 1 amide bonds. The van der Waals surface area contributed by atoms with Crippen molar-refractivity contribution >= 4 is 27.5 Å². The topological polar surface area (TPSA) is 87.2 Å². The smallest absolute Gasteiger partial charge is 0.254 e. The normalized spacial score (nSPS) is 19.4. The van der Waals surface area contributed by atoms with Crippen LogP contribution < -0.4 is 0 Å². The quantitative estimate of drug-likeness (QED) is 0.476. The molecule has 0 aromatic heterocycles. The number of hydrogen-bond acceptors (Lipinski definition) is 5. The summed E-state index contributed by atoms with van der Waals surface area (Å²) in [6, 6.07) is 20.8. The van der Waals surface area contributed by atoms with Gasteiger partial charge in [-0.3, -0.25) is 4.79 Å².